The van der Waals surface area contributed by atoms with Crippen LogP contribution in [0.2, 0.25) is 10.0 Å². The van der Waals surface area contributed by atoms with Crippen LogP contribution >= 0.6 is 23.2 Å². The van der Waals surface area contributed by atoms with Gasteiger partial charge in [-0.25, -0.2) is 0 Å². The lowest BCUT2D eigenvalue weighted by Crippen LogP contribution is -2.13. The molecule has 0 saturated carbocycles. The molecule has 0 heterocycles. The van der Waals surface area contributed by atoms with E-state index in [2.05, 4.69) is 5.32 Å². The Morgan fingerprint density at radius 3 is 2.62 bits per heavy atom. The van der Waals surface area contributed by atoms with Gasteiger partial charge in [0.15, 0.2) is 0 Å². The molecule has 0 aliphatic rings. The first-order valence-corrected chi connectivity index (χ1v) is 8.36. The Kier molecular flexibility index (Phi) is 7.06. The van der Waals surface area contributed by atoms with Crippen LogP contribution in [0.5, 0.6) is 11.5 Å². The van der Waals surface area contributed by atoms with E-state index in [1.165, 1.54) is 25.3 Å². The number of carbonyl (C=O) groups is 1. The van der Waals surface area contributed by atoms with Crippen LogP contribution in [-0.4, -0.2) is 24.5 Å². The second-order valence-corrected chi connectivity index (χ2v) is 6.06. The van der Waals surface area contributed by atoms with Crippen LogP contribution in [0.4, 0.5) is 11.4 Å². The maximum Gasteiger partial charge on any atom is 0.273 e. The van der Waals surface area contributed by atoms with E-state index in [1.54, 1.807) is 18.2 Å². The van der Waals surface area contributed by atoms with E-state index >= 15 is 0 Å². The van der Waals surface area contributed by atoms with Crippen LogP contribution in [0.15, 0.2) is 36.4 Å². The van der Waals surface area contributed by atoms with Gasteiger partial charge in [0.2, 0.25) is 5.91 Å². The molecule has 0 saturated heterocycles. The molecule has 0 spiro atoms. The molecule has 0 fully saturated rings. The molecule has 9 heteroatoms. The van der Waals surface area contributed by atoms with Gasteiger partial charge in [0.1, 0.15) is 11.5 Å². The number of nitro groups is 1. The number of nitrogens with zero attached hydrogens (tertiary/aromatic N) is 1. The number of benzene rings is 2. The van der Waals surface area contributed by atoms with Gasteiger partial charge in [-0.1, -0.05) is 23.2 Å². The summed E-state index contributed by atoms with van der Waals surface area (Å²) in [4.78, 5) is 22.3. The molecule has 0 bridgehead atoms. The highest BCUT2D eigenvalue weighted by Gasteiger charge is 2.13. The first-order valence-electron chi connectivity index (χ1n) is 7.61. The Morgan fingerprint density at radius 2 is 1.96 bits per heavy atom. The second-order valence-electron chi connectivity index (χ2n) is 5.22. The summed E-state index contributed by atoms with van der Waals surface area (Å²) in [6.07, 6.45) is 0.658. The molecule has 2 rings (SSSR count). The predicted molar refractivity (Wildman–Crippen MR) is 99.5 cm³/mol. The third kappa shape index (κ3) is 5.50. The number of nitrogens with one attached hydrogen (secondary N) is 1. The Labute approximate surface area is 160 Å². The number of hydrogen-bond donors (Lipinski definition) is 1. The third-order valence-electron chi connectivity index (χ3n) is 3.37. The lowest BCUT2D eigenvalue weighted by Gasteiger charge is -2.11. The van der Waals surface area contributed by atoms with Crippen molar-refractivity contribution in [3.8, 4) is 11.5 Å². The van der Waals surface area contributed by atoms with Crippen LogP contribution in [-0.2, 0) is 4.79 Å². The minimum Gasteiger partial charge on any atom is -0.494 e. The average Bonchev–Trinajstić information content (AvgIpc) is 2.60. The molecule has 1 amide bonds. The van der Waals surface area contributed by atoms with Crippen molar-refractivity contribution in [3.05, 3.63) is 56.6 Å². The average molecular weight is 399 g/mol. The minimum atomic E-state index is -0.534. The maximum atomic E-state index is 12.0. The molecule has 0 radical (unpaired) electrons. The highest BCUT2D eigenvalue weighted by molar-refractivity contribution is 6.35. The van der Waals surface area contributed by atoms with E-state index in [0.29, 0.717) is 34.5 Å². The van der Waals surface area contributed by atoms with Gasteiger partial charge in [0, 0.05) is 17.5 Å². The summed E-state index contributed by atoms with van der Waals surface area (Å²) in [6, 6.07) is 8.87. The van der Waals surface area contributed by atoms with Gasteiger partial charge in [-0.05, 0) is 30.7 Å². The van der Waals surface area contributed by atoms with Crippen molar-refractivity contribution in [2.45, 2.75) is 12.8 Å². The summed E-state index contributed by atoms with van der Waals surface area (Å²) in [6.45, 7) is 0.298. The Bertz CT molecular complexity index is 814. The van der Waals surface area contributed by atoms with Crippen molar-refractivity contribution < 1.29 is 19.2 Å². The molecule has 2 aromatic carbocycles. The molecule has 0 aromatic heterocycles. The van der Waals surface area contributed by atoms with Gasteiger partial charge in [-0.3, -0.25) is 14.9 Å². The Hall–Kier alpha value is -2.51. The first-order chi connectivity index (χ1) is 12.4. The topological polar surface area (TPSA) is 90.7 Å². The number of ether oxygens (including phenoxy) is 2. The molecule has 0 aliphatic carbocycles. The fourth-order valence-electron chi connectivity index (χ4n) is 2.12. The van der Waals surface area contributed by atoms with E-state index in [-0.39, 0.29) is 23.8 Å². The zero-order valence-electron chi connectivity index (χ0n) is 13.8. The summed E-state index contributed by atoms with van der Waals surface area (Å²) in [5, 5.41) is 14.3. The van der Waals surface area contributed by atoms with Crippen molar-refractivity contribution in [1.29, 1.82) is 0 Å². The van der Waals surface area contributed by atoms with Gasteiger partial charge in [0.05, 0.1) is 35.4 Å². The lowest BCUT2D eigenvalue weighted by molar-refractivity contribution is -0.384. The summed E-state index contributed by atoms with van der Waals surface area (Å²) in [5.41, 5.74) is 0.248. The van der Waals surface area contributed by atoms with E-state index < -0.39 is 4.92 Å². The first kappa shape index (κ1) is 19.8. The standard InChI is InChI=1S/C17H16Cl2N2O5/c1-25-16-10-12(21(23)24)5-6-14(16)20-17(22)3-2-8-26-15-7-4-11(18)9-13(15)19/h4-7,9-10H,2-3,8H2,1H3,(H,20,22). The lowest BCUT2D eigenvalue weighted by atomic mass is 10.2. The van der Waals surface area contributed by atoms with Crippen molar-refractivity contribution in [2.24, 2.45) is 0 Å². The molecular formula is C17H16Cl2N2O5. The molecule has 26 heavy (non-hydrogen) atoms. The summed E-state index contributed by atoms with van der Waals surface area (Å²) in [5.74, 6) is 0.452. The van der Waals surface area contributed by atoms with Crippen LogP contribution in [0.25, 0.3) is 0 Å². The highest BCUT2D eigenvalue weighted by atomic mass is 35.5. The number of methoxy groups -OCH3 is 1. The van der Waals surface area contributed by atoms with Gasteiger partial charge in [-0.15, -0.1) is 0 Å². The fourth-order valence-corrected chi connectivity index (χ4v) is 2.58. The normalized spacial score (nSPS) is 10.3. The summed E-state index contributed by atoms with van der Waals surface area (Å²) in [7, 11) is 1.37. The second kappa shape index (κ2) is 9.26. The fraction of sp³-hybridized carbons (Fsp3) is 0.235. The van der Waals surface area contributed by atoms with E-state index in [1.807, 2.05) is 0 Å². The number of non-ortho nitro benzene ring substituents is 1. The third-order valence-corrected chi connectivity index (χ3v) is 3.90. The molecule has 1 N–H and O–H groups in total. The number of hydrogen-bond acceptors (Lipinski definition) is 5. The molecule has 138 valence electrons. The van der Waals surface area contributed by atoms with Crippen molar-refractivity contribution >= 4 is 40.5 Å². The molecule has 2 aromatic rings. The number of halogens is 2. The Morgan fingerprint density at radius 1 is 1.19 bits per heavy atom. The SMILES string of the molecule is COc1cc([N+](=O)[O-])ccc1NC(=O)CCCOc1ccc(Cl)cc1Cl. The van der Waals surface area contributed by atoms with Crippen molar-refractivity contribution in [2.75, 3.05) is 19.0 Å². The number of amides is 1. The molecular weight excluding hydrogens is 383 g/mol. The molecule has 7 nitrogen and oxygen atoms in total. The van der Waals surface area contributed by atoms with Gasteiger partial charge >= 0.3 is 0 Å². The Balaban J connectivity index is 1.84. The largest absolute Gasteiger partial charge is 0.494 e. The van der Waals surface area contributed by atoms with E-state index in [0.717, 1.165) is 0 Å². The summed E-state index contributed by atoms with van der Waals surface area (Å²) >= 11 is 11.8. The molecule has 0 aliphatic heterocycles. The van der Waals surface area contributed by atoms with Crippen molar-refractivity contribution in [1.82, 2.24) is 0 Å². The smallest absolute Gasteiger partial charge is 0.273 e. The zero-order chi connectivity index (χ0) is 19.1. The van der Waals surface area contributed by atoms with Gasteiger partial charge in [0.25, 0.3) is 5.69 Å². The van der Waals surface area contributed by atoms with E-state index in [4.69, 9.17) is 32.7 Å². The van der Waals surface area contributed by atoms with Crippen LogP contribution in [0.1, 0.15) is 12.8 Å². The van der Waals surface area contributed by atoms with Crippen LogP contribution < -0.4 is 14.8 Å². The number of nitro benzene ring substituents is 1. The summed E-state index contributed by atoms with van der Waals surface area (Å²) < 4.78 is 10.6. The number of carbonyl (C=O) groups excluding carboxylic acids is 1. The molecule has 0 unspecified atom stereocenters. The van der Waals surface area contributed by atoms with Gasteiger partial charge < -0.3 is 14.8 Å². The van der Waals surface area contributed by atoms with Crippen molar-refractivity contribution in [3.63, 3.8) is 0 Å². The maximum absolute atomic E-state index is 12.0. The monoisotopic (exact) mass is 398 g/mol. The zero-order valence-corrected chi connectivity index (χ0v) is 15.3. The number of anilines is 1. The van der Waals surface area contributed by atoms with Crippen LogP contribution in [0, 0.1) is 10.1 Å². The predicted octanol–water partition coefficient (Wildman–Crippen LogP) is 4.71. The quantitative estimate of drug-likeness (QED) is 0.395. The highest BCUT2D eigenvalue weighted by Crippen LogP contribution is 2.29. The van der Waals surface area contributed by atoms with Gasteiger partial charge in [-0.2, -0.15) is 0 Å². The number of rotatable bonds is 8. The minimum absolute atomic E-state index is 0.118. The van der Waals surface area contributed by atoms with E-state index in [9.17, 15) is 14.9 Å². The molecule has 0 atom stereocenters. The van der Waals surface area contributed by atoms with Crippen LogP contribution in [0.3, 0.4) is 0 Å².